The van der Waals surface area contributed by atoms with Gasteiger partial charge in [0.25, 0.3) is 0 Å². The van der Waals surface area contributed by atoms with Crippen molar-refractivity contribution in [1.82, 2.24) is 0 Å². The summed E-state index contributed by atoms with van der Waals surface area (Å²) in [6, 6.07) is 14.6. The third kappa shape index (κ3) is 9.90. The normalized spacial score (nSPS) is 14.2. The van der Waals surface area contributed by atoms with Crippen LogP contribution in [0.5, 0.6) is 0 Å². The van der Waals surface area contributed by atoms with Crippen LogP contribution in [0, 0.1) is 0 Å². The fourth-order valence-electron chi connectivity index (χ4n) is 8.43. The van der Waals surface area contributed by atoms with Crippen LogP contribution in [-0.2, 0) is 5.41 Å². The van der Waals surface area contributed by atoms with E-state index in [0.717, 1.165) is 0 Å². The van der Waals surface area contributed by atoms with Gasteiger partial charge in [-0.05, 0) is 97.9 Å². The highest BCUT2D eigenvalue weighted by Gasteiger charge is 2.52. The summed E-state index contributed by atoms with van der Waals surface area (Å²) in [5.74, 6) is 0. The highest BCUT2D eigenvalue weighted by molar-refractivity contribution is 9.10. The highest BCUT2D eigenvalue weighted by Crippen LogP contribution is 2.69. The van der Waals surface area contributed by atoms with Gasteiger partial charge in [0.2, 0.25) is 0 Å². The van der Waals surface area contributed by atoms with Gasteiger partial charge in [-0.25, -0.2) is 0 Å². The molecule has 3 rings (SSSR count). The molecule has 0 unspecified atom stereocenters. The zero-order chi connectivity index (χ0) is 32.1. The lowest BCUT2D eigenvalue weighted by Gasteiger charge is -2.40. The average molecular weight is 769 g/mol. The molecule has 0 N–H and O–H groups in total. The molecule has 1 aliphatic rings. The molecule has 0 aromatic heterocycles. The van der Waals surface area contributed by atoms with Crippen molar-refractivity contribution >= 4 is 46.4 Å². The Morgan fingerprint density at radius 1 is 0.477 bits per heavy atom. The van der Waals surface area contributed by atoms with Gasteiger partial charge in [0, 0.05) is 23.5 Å². The Morgan fingerprint density at radius 3 is 1.25 bits per heavy atom. The lowest BCUT2D eigenvalue weighted by atomic mass is 9.76. The van der Waals surface area contributed by atoms with Crippen LogP contribution in [0.1, 0.15) is 136 Å². The molecule has 0 nitrogen and oxygen atoms in total. The number of rotatable bonds is 23. The third-order valence-electron chi connectivity index (χ3n) is 10.8. The summed E-state index contributed by atoms with van der Waals surface area (Å²) in [6.45, 7) is 14.5. The number of unbranched alkanes of at least 4 members (excludes halogenated alkanes) is 5. The van der Waals surface area contributed by atoms with Gasteiger partial charge < -0.3 is 0 Å². The van der Waals surface area contributed by atoms with Crippen LogP contribution in [0.25, 0.3) is 11.1 Å². The zero-order valence-electron chi connectivity index (χ0n) is 29.5. The first-order valence-corrected chi connectivity index (χ1v) is 25.2. The number of halogens is 2. The fourth-order valence-corrected chi connectivity index (χ4v) is 20.0. The van der Waals surface area contributed by atoms with Crippen LogP contribution in [0.4, 0.5) is 0 Å². The molecule has 2 aromatic rings. The molecule has 0 spiro atoms. The molecule has 44 heavy (non-hydrogen) atoms. The van der Waals surface area contributed by atoms with Gasteiger partial charge in [0.15, 0.2) is 0 Å². The van der Waals surface area contributed by atoms with Gasteiger partial charge in [-0.3, -0.25) is 0 Å². The van der Waals surface area contributed by atoms with Gasteiger partial charge in [-0.2, -0.15) is 0 Å². The van der Waals surface area contributed by atoms with E-state index in [1.165, 1.54) is 153 Å². The minimum Gasteiger partial charge on any atom is -0.0652 e. The zero-order valence-corrected chi connectivity index (χ0v) is 34.4. The minimum atomic E-state index is -1.15. The second-order valence-electron chi connectivity index (χ2n) is 14.2. The van der Waals surface area contributed by atoms with Crippen molar-refractivity contribution in [2.75, 3.05) is 49.3 Å². The summed E-state index contributed by atoms with van der Waals surface area (Å²) >= 11 is 7.93. The number of benzene rings is 2. The van der Waals surface area contributed by atoms with E-state index in [4.69, 9.17) is 0 Å². The molecule has 248 valence electrons. The Morgan fingerprint density at radius 2 is 0.864 bits per heavy atom. The summed E-state index contributed by atoms with van der Waals surface area (Å²) < 4.78 is 2.51. The van der Waals surface area contributed by atoms with Crippen LogP contribution in [0.3, 0.4) is 0 Å². The van der Waals surface area contributed by atoms with Crippen LogP contribution in [-0.4, -0.2) is 49.3 Å². The van der Waals surface area contributed by atoms with Crippen molar-refractivity contribution in [3.8, 4) is 11.1 Å². The van der Waals surface area contributed by atoms with Gasteiger partial charge in [0.1, 0.15) is 0 Å². The highest BCUT2D eigenvalue weighted by atomic mass is 79.9. The maximum atomic E-state index is 3.96. The molecular formula is C40H66Br2P2+2. The smallest absolute Gasteiger partial charge is 0.0652 e. The molecule has 0 heterocycles. The van der Waals surface area contributed by atoms with E-state index in [-0.39, 0.29) is 5.41 Å². The van der Waals surface area contributed by atoms with E-state index < -0.39 is 14.5 Å². The summed E-state index contributed by atoms with van der Waals surface area (Å²) in [5.41, 5.74) is 6.47. The lowest BCUT2D eigenvalue weighted by molar-refractivity contribution is 0.526. The Labute approximate surface area is 292 Å². The maximum Gasteiger partial charge on any atom is 0.0732 e. The van der Waals surface area contributed by atoms with E-state index >= 15 is 0 Å². The Hall–Kier alpha value is 0.260. The van der Waals surface area contributed by atoms with Crippen molar-refractivity contribution in [3.05, 3.63) is 56.5 Å². The monoisotopic (exact) mass is 766 g/mol. The quantitative estimate of drug-likeness (QED) is 0.0988. The van der Waals surface area contributed by atoms with Crippen molar-refractivity contribution in [3.63, 3.8) is 0 Å². The summed E-state index contributed by atoms with van der Waals surface area (Å²) in [5, 5.41) is 0. The summed E-state index contributed by atoms with van der Waals surface area (Å²) in [6.07, 6.45) is 29.9. The van der Waals surface area contributed by atoms with Crippen molar-refractivity contribution in [2.45, 2.75) is 130 Å². The summed E-state index contributed by atoms with van der Waals surface area (Å²) in [7, 11) is -2.07. The van der Waals surface area contributed by atoms with Crippen molar-refractivity contribution in [1.29, 1.82) is 0 Å². The molecule has 4 heteroatoms. The van der Waals surface area contributed by atoms with Gasteiger partial charge in [-0.15, -0.1) is 0 Å². The molecule has 0 aliphatic heterocycles. The minimum absolute atomic E-state index is 0.138. The first-order valence-electron chi connectivity index (χ1n) is 18.6. The average Bonchev–Trinajstić information content (AvgIpc) is 3.27. The Bertz CT molecular complexity index is 1050. The number of fused-ring (bicyclic) bond motifs is 3. The molecule has 0 radical (unpaired) electrons. The third-order valence-corrected chi connectivity index (χ3v) is 21.9. The largest absolute Gasteiger partial charge is 0.0732 e. The second kappa shape index (κ2) is 19.3. The summed E-state index contributed by atoms with van der Waals surface area (Å²) in [4.78, 5) is 0. The van der Waals surface area contributed by atoms with E-state index in [1.54, 1.807) is 11.1 Å². The van der Waals surface area contributed by atoms with E-state index in [0.29, 0.717) is 0 Å². The molecule has 0 saturated heterocycles. The van der Waals surface area contributed by atoms with Crippen molar-refractivity contribution < 1.29 is 0 Å². The standard InChI is InChI=1S/C40H66Br2P2/c1-7-13-25-43(24-12-6,26-14-8-2)30-18-23-40(33-44(27-15-9-3,28-16-10-4)29-17-11-5)38-31-34(41)19-21-36(38)37-22-20-35(42)32-39(37)40/h19-22,31-32H,7-18,23-30,33H2,1-6H3/q+2. The lowest BCUT2D eigenvalue weighted by Crippen LogP contribution is -2.34. The molecule has 1 aliphatic carbocycles. The van der Waals surface area contributed by atoms with E-state index in [2.05, 4.69) is 110 Å². The van der Waals surface area contributed by atoms with Gasteiger partial charge >= 0.3 is 0 Å². The molecule has 0 bridgehead atoms. The fraction of sp³-hybridized carbons (Fsp3) is 0.700. The molecule has 2 aromatic carbocycles. The molecule has 0 amide bonds. The van der Waals surface area contributed by atoms with E-state index in [1.807, 2.05) is 0 Å². The number of hydrogen-bond donors (Lipinski definition) is 0. The topological polar surface area (TPSA) is 0 Å². The Kier molecular flexibility index (Phi) is 17.0. The number of hydrogen-bond acceptors (Lipinski definition) is 0. The van der Waals surface area contributed by atoms with Crippen LogP contribution >= 0.6 is 46.4 Å². The first kappa shape index (κ1) is 38.7. The van der Waals surface area contributed by atoms with E-state index in [9.17, 15) is 0 Å². The predicted octanol–water partition coefficient (Wildman–Crippen LogP) is 14.7. The molecular weight excluding hydrogens is 702 g/mol. The predicted molar refractivity (Wildman–Crippen MR) is 215 cm³/mol. The van der Waals surface area contributed by atoms with Gasteiger partial charge in [0.05, 0.1) is 54.7 Å². The van der Waals surface area contributed by atoms with Gasteiger partial charge in [-0.1, -0.05) is 118 Å². The molecule has 0 saturated carbocycles. The van der Waals surface area contributed by atoms with Crippen LogP contribution in [0.15, 0.2) is 45.3 Å². The SMILES string of the molecule is CCCC[P+](CCC)(CCCC)CCCC1(C[P+](CCCC)(CCCC)CCCC)c2cc(Br)ccc2-c2ccc(Br)cc21. The second-order valence-corrected chi connectivity index (χ2v) is 24.9. The maximum absolute atomic E-state index is 3.96. The van der Waals surface area contributed by atoms with Crippen molar-refractivity contribution in [2.24, 2.45) is 0 Å². The molecule has 0 fully saturated rings. The first-order chi connectivity index (χ1) is 21.3. The molecule has 0 atom stereocenters. The van der Waals surface area contributed by atoms with Crippen LogP contribution in [0.2, 0.25) is 0 Å². The Balaban J connectivity index is 2.17. The van der Waals surface area contributed by atoms with Crippen LogP contribution < -0.4 is 0 Å².